The predicted octanol–water partition coefficient (Wildman–Crippen LogP) is 9.65. The van der Waals surface area contributed by atoms with E-state index in [4.69, 9.17) is 0 Å². The van der Waals surface area contributed by atoms with Crippen molar-refractivity contribution in [2.45, 2.75) is 80.1 Å². The first kappa shape index (κ1) is 37.0. The first-order chi connectivity index (χ1) is 14.8. The first-order valence-electron chi connectivity index (χ1n) is 10.4. The van der Waals surface area contributed by atoms with Crippen LogP contribution in [-0.4, -0.2) is 18.1 Å². The van der Waals surface area contributed by atoms with Gasteiger partial charge in [-0.2, -0.15) is 26.3 Å². The molecule has 2 aromatic rings. The quantitative estimate of drug-likeness (QED) is 0.410. The van der Waals surface area contributed by atoms with Gasteiger partial charge < -0.3 is 0 Å². The van der Waals surface area contributed by atoms with E-state index >= 15 is 0 Å². The Balaban J connectivity index is -0.000000167. The summed E-state index contributed by atoms with van der Waals surface area (Å²) in [7, 11) is 0. The molecule has 1 nitrogen and oxygen atoms in total. The van der Waals surface area contributed by atoms with Crippen LogP contribution < -0.4 is 0 Å². The SMILES string of the molecule is CC.CC.CC(F)(F)F.CC(F)(F)F.CCC(C(C)=O)c1ccccc1.c1ccccc1. The molecular formula is C25H38F6O. The molecule has 2 rings (SSSR count). The van der Waals surface area contributed by atoms with Gasteiger partial charge in [0.15, 0.2) is 0 Å². The summed E-state index contributed by atoms with van der Waals surface area (Å²) >= 11 is 0. The third-order valence-corrected chi connectivity index (χ3v) is 2.77. The van der Waals surface area contributed by atoms with Crippen molar-refractivity contribution >= 4 is 5.78 Å². The van der Waals surface area contributed by atoms with Crippen molar-refractivity contribution in [1.29, 1.82) is 0 Å². The summed E-state index contributed by atoms with van der Waals surface area (Å²) in [5, 5.41) is 0. The Labute approximate surface area is 189 Å². The third-order valence-electron chi connectivity index (χ3n) is 2.77. The number of halogens is 6. The lowest BCUT2D eigenvalue weighted by atomic mass is 9.93. The molecule has 0 N–H and O–H groups in total. The highest BCUT2D eigenvalue weighted by atomic mass is 19.4. The lowest BCUT2D eigenvalue weighted by Crippen LogP contribution is -2.06. The van der Waals surface area contributed by atoms with Gasteiger partial charge in [-0.1, -0.05) is 101 Å². The van der Waals surface area contributed by atoms with Crippen LogP contribution in [0.15, 0.2) is 66.7 Å². The molecule has 0 heterocycles. The van der Waals surface area contributed by atoms with Crippen molar-refractivity contribution in [3.8, 4) is 0 Å². The van der Waals surface area contributed by atoms with Crippen molar-refractivity contribution < 1.29 is 31.1 Å². The van der Waals surface area contributed by atoms with Gasteiger partial charge in [0.2, 0.25) is 0 Å². The molecule has 7 heteroatoms. The number of rotatable bonds is 3. The van der Waals surface area contributed by atoms with Gasteiger partial charge in [-0.3, -0.25) is 4.79 Å². The minimum absolute atomic E-state index is 0.0891. The predicted molar refractivity (Wildman–Crippen MR) is 123 cm³/mol. The molecule has 0 radical (unpaired) electrons. The van der Waals surface area contributed by atoms with E-state index in [9.17, 15) is 31.1 Å². The molecule has 0 aliphatic carbocycles. The van der Waals surface area contributed by atoms with E-state index in [2.05, 4.69) is 0 Å². The van der Waals surface area contributed by atoms with Crippen molar-refractivity contribution in [2.75, 3.05) is 0 Å². The molecule has 0 spiro atoms. The zero-order valence-corrected chi connectivity index (χ0v) is 20.3. The summed E-state index contributed by atoms with van der Waals surface area (Å²) in [4.78, 5) is 11.2. The maximum atomic E-state index is 11.2. The average molecular weight is 469 g/mol. The number of benzene rings is 2. The second-order valence-corrected chi connectivity index (χ2v) is 5.70. The Hall–Kier alpha value is -2.31. The Morgan fingerprint density at radius 2 is 0.906 bits per heavy atom. The lowest BCUT2D eigenvalue weighted by molar-refractivity contribution is -0.118. The minimum atomic E-state index is -4.00. The van der Waals surface area contributed by atoms with Gasteiger partial charge in [0.25, 0.3) is 0 Å². The molecule has 0 fully saturated rings. The minimum Gasteiger partial charge on any atom is -0.299 e. The van der Waals surface area contributed by atoms with E-state index in [1.54, 1.807) is 6.92 Å². The van der Waals surface area contributed by atoms with Crippen molar-refractivity contribution in [3.05, 3.63) is 72.3 Å². The first-order valence-corrected chi connectivity index (χ1v) is 10.4. The zero-order chi connectivity index (χ0) is 26.2. The summed E-state index contributed by atoms with van der Waals surface area (Å²) in [6.07, 6.45) is -7.11. The molecule has 186 valence electrons. The second-order valence-electron chi connectivity index (χ2n) is 5.70. The number of hydrogen-bond donors (Lipinski definition) is 0. The monoisotopic (exact) mass is 468 g/mol. The Bertz CT molecular complexity index is 557. The van der Waals surface area contributed by atoms with Crippen LogP contribution in [0.3, 0.4) is 0 Å². The molecule has 0 aliphatic rings. The highest BCUT2D eigenvalue weighted by Crippen LogP contribution is 2.19. The highest BCUT2D eigenvalue weighted by molar-refractivity contribution is 5.83. The van der Waals surface area contributed by atoms with Crippen LogP contribution in [0.2, 0.25) is 0 Å². The second kappa shape index (κ2) is 23.4. The smallest absolute Gasteiger partial charge is 0.299 e. The summed E-state index contributed by atoms with van der Waals surface area (Å²) in [5.41, 5.74) is 1.13. The van der Waals surface area contributed by atoms with Crippen LogP contribution in [0, 0.1) is 0 Å². The molecule has 1 atom stereocenters. The van der Waals surface area contributed by atoms with Crippen LogP contribution in [0.25, 0.3) is 0 Å². The van der Waals surface area contributed by atoms with Crippen LogP contribution in [0.4, 0.5) is 26.3 Å². The standard InChI is InChI=1S/C11H14O.C6H6.2C2H3F3.2C2H6/c1-3-11(9(2)12)10-7-5-4-6-8-10;1-2-4-6-5-3-1;2*1-2(3,4)5;2*1-2/h4-8,11H,3H2,1-2H3;1-6H;2*1H3;2*1-2H3. The van der Waals surface area contributed by atoms with Gasteiger partial charge >= 0.3 is 12.4 Å². The van der Waals surface area contributed by atoms with E-state index in [1.807, 2.05) is 101 Å². The van der Waals surface area contributed by atoms with Gasteiger partial charge in [-0.15, -0.1) is 0 Å². The fourth-order valence-electron chi connectivity index (χ4n) is 1.83. The number of carbonyl (C=O) groups excluding carboxylic acids is 1. The van der Waals surface area contributed by atoms with Gasteiger partial charge in [0.05, 0.1) is 0 Å². The van der Waals surface area contributed by atoms with Crippen molar-refractivity contribution in [1.82, 2.24) is 0 Å². The fourth-order valence-corrected chi connectivity index (χ4v) is 1.83. The van der Waals surface area contributed by atoms with Gasteiger partial charge in [0.1, 0.15) is 5.78 Å². The highest BCUT2D eigenvalue weighted by Gasteiger charge is 2.16. The average Bonchev–Trinajstić information content (AvgIpc) is 2.71. The van der Waals surface area contributed by atoms with Gasteiger partial charge in [-0.05, 0) is 18.9 Å². The molecule has 0 amide bonds. The van der Waals surface area contributed by atoms with Crippen LogP contribution in [0.1, 0.15) is 73.3 Å². The molecule has 0 bridgehead atoms. The van der Waals surface area contributed by atoms with Gasteiger partial charge in [-0.25, -0.2) is 0 Å². The van der Waals surface area contributed by atoms with Crippen molar-refractivity contribution in [2.24, 2.45) is 0 Å². The molecule has 0 saturated heterocycles. The van der Waals surface area contributed by atoms with Gasteiger partial charge in [0, 0.05) is 19.8 Å². The largest absolute Gasteiger partial charge is 0.386 e. The Kier molecular flexibility index (Phi) is 27.0. The summed E-state index contributed by atoms with van der Waals surface area (Å²) in [5.74, 6) is 0.342. The lowest BCUT2D eigenvalue weighted by Gasteiger charge is -2.10. The van der Waals surface area contributed by atoms with E-state index in [0.29, 0.717) is 0 Å². The number of alkyl halides is 6. The van der Waals surface area contributed by atoms with Crippen LogP contribution >= 0.6 is 0 Å². The van der Waals surface area contributed by atoms with Crippen LogP contribution in [0.5, 0.6) is 0 Å². The normalized spacial score (nSPS) is 10.3. The molecule has 32 heavy (non-hydrogen) atoms. The van der Waals surface area contributed by atoms with E-state index in [0.717, 1.165) is 12.0 Å². The van der Waals surface area contributed by atoms with E-state index < -0.39 is 12.4 Å². The molecule has 0 saturated carbocycles. The summed E-state index contributed by atoms with van der Waals surface area (Å²) in [6.45, 7) is 12.1. The number of carbonyl (C=O) groups is 1. The van der Waals surface area contributed by atoms with E-state index in [-0.39, 0.29) is 25.5 Å². The molecule has 1 unspecified atom stereocenters. The summed E-state index contributed by atoms with van der Waals surface area (Å²) < 4.78 is 62.1. The maximum Gasteiger partial charge on any atom is 0.386 e. The van der Waals surface area contributed by atoms with Crippen LogP contribution in [-0.2, 0) is 4.79 Å². The maximum absolute atomic E-state index is 11.2. The van der Waals surface area contributed by atoms with Crippen molar-refractivity contribution in [3.63, 3.8) is 0 Å². The fraction of sp³-hybridized carbons (Fsp3) is 0.480. The number of ketones is 1. The summed E-state index contributed by atoms with van der Waals surface area (Å²) in [6, 6.07) is 21.9. The topological polar surface area (TPSA) is 17.1 Å². The van der Waals surface area contributed by atoms with E-state index in [1.165, 1.54) is 0 Å². The third kappa shape index (κ3) is 41.9. The molecular weight excluding hydrogens is 430 g/mol. The molecule has 2 aromatic carbocycles. The number of hydrogen-bond acceptors (Lipinski definition) is 1. The Morgan fingerprint density at radius 3 is 1.09 bits per heavy atom. The number of Topliss-reactive ketones (excluding diaryl/α,β-unsaturated/α-hetero) is 1. The zero-order valence-electron chi connectivity index (χ0n) is 20.3. The molecule has 0 aliphatic heterocycles. The molecule has 0 aromatic heterocycles. The Morgan fingerprint density at radius 1 is 0.688 bits per heavy atom.